The molecule has 0 aliphatic heterocycles. The molecule has 5 heteroatoms. The SMILES string of the molecule is Cc1cc2cc(N=C(N)CCl)cc(Cl)c2o1. The number of halogens is 2. The van der Waals surface area contributed by atoms with Crippen molar-refractivity contribution in [3.05, 3.63) is 29.0 Å². The van der Waals surface area contributed by atoms with Crippen molar-refractivity contribution in [3.8, 4) is 0 Å². The van der Waals surface area contributed by atoms with Crippen LogP contribution >= 0.6 is 23.2 Å². The van der Waals surface area contributed by atoms with Crippen LogP contribution in [0, 0.1) is 6.92 Å². The molecule has 1 aromatic heterocycles. The van der Waals surface area contributed by atoms with E-state index in [1.165, 1.54) is 0 Å². The topological polar surface area (TPSA) is 51.5 Å². The number of nitrogens with zero attached hydrogens (tertiary/aromatic N) is 1. The van der Waals surface area contributed by atoms with Gasteiger partial charge in [-0.05, 0) is 25.1 Å². The summed E-state index contributed by atoms with van der Waals surface area (Å²) in [7, 11) is 0. The van der Waals surface area contributed by atoms with Crippen molar-refractivity contribution < 1.29 is 4.42 Å². The monoisotopic (exact) mass is 256 g/mol. The first kappa shape index (κ1) is 11.3. The van der Waals surface area contributed by atoms with E-state index in [0.717, 1.165) is 11.1 Å². The van der Waals surface area contributed by atoms with Gasteiger partial charge in [0.2, 0.25) is 0 Å². The number of fused-ring (bicyclic) bond motifs is 1. The Balaban J connectivity index is 2.57. The number of furan rings is 1. The van der Waals surface area contributed by atoms with Gasteiger partial charge in [0.25, 0.3) is 0 Å². The number of benzene rings is 1. The zero-order chi connectivity index (χ0) is 11.7. The second kappa shape index (κ2) is 4.36. The van der Waals surface area contributed by atoms with Gasteiger partial charge in [-0.1, -0.05) is 11.6 Å². The lowest BCUT2D eigenvalue weighted by molar-refractivity contribution is 0.578. The van der Waals surface area contributed by atoms with Crippen LogP contribution in [0.4, 0.5) is 5.69 Å². The normalized spacial score (nSPS) is 12.3. The van der Waals surface area contributed by atoms with Crippen molar-refractivity contribution in [2.75, 3.05) is 5.88 Å². The van der Waals surface area contributed by atoms with Crippen molar-refractivity contribution in [1.29, 1.82) is 0 Å². The number of hydrogen-bond acceptors (Lipinski definition) is 2. The number of hydrogen-bond donors (Lipinski definition) is 1. The molecule has 0 amide bonds. The van der Waals surface area contributed by atoms with Gasteiger partial charge >= 0.3 is 0 Å². The second-order valence-electron chi connectivity index (χ2n) is 3.44. The van der Waals surface area contributed by atoms with E-state index in [2.05, 4.69) is 4.99 Å². The van der Waals surface area contributed by atoms with Gasteiger partial charge in [-0.25, -0.2) is 4.99 Å². The molecule has 3 nitrogen and oxygen atoms in total. The van der Waals surface area contributed by atoms with E-state index in [1.54, 1.807) is 6.07 Å². The molecule has 1 heterocycles. The predicted molar refractivity (Wildman–Crippen MR) is 68.0 cm³/mol. The summed E-state index contributed by atoms with van der Waals surface area (Å²) in [5.41, 5.74) is 6.90. The summed E-state index contributed by atoms with van der Waals surface area (Å²) in [5, 5.41) is 1.43. The molecular formula is C11H10Cl2N2O. The average molecular weight is 257 g/mol. The third-order valence-corrected chi connectivity index (χ3v) is 2.64. The molecule has 16 heavy (non-hydrogen) atoms. The van der Waals surface area contributed by atoms with Gasteiger partial charge in [-0.3, -0.25) is 0 Å². The maximum Gasteiger partial charge on any atom is 0.152 e. The Bertz CT molecular complexity index is 560. The predicted octanol–water partition coefficient (Wildman–Crippen LogP) is 3.62. The van der Waals surface area contributed by atoms with Gasteiger partial charge in [-0.2, -0.15) is 0 Å². The molecule has 0 saturated carbocycles. The zero-order valence-electron chi connectivity index (χ0n) is 8.63. The first-order valence-electron chi connectivity index (χ1n) is 4.69. The molecule has 0 radical (unpaired) electrons. The summed E-state index contributed by atoms with van der Waals surface area (Å²) in [6.45, 7) is 1.87. The van der Waals surface area contributed by atoms with Gasteiger partial charge in [0.1, 0.15) is 11.6 Å². The largest absolute Gasteiger partial charge is 0.460 e. The highest BCUT2D eigenvalue weighted by Gasteiger charge is 2.07. The van der Waals surface area contributed by atoms with Crippen LogP contribution in [0.25, 0.3) is 11.0 Å². The fourth-order valence-corrected chi connectivity index (χ4v) is 1.80. The summed E-state index contributed by atoms with van der Waals surface area (Å²) >= 11 is 11.6. The van der Waals surface area contributed by atoms with Crippen LogP contribution in [0.3, 0.4) is 0 Å². The van der Waals surface area contributed by atoms with Gasteiger partial charge in [-0.15, -0.1) is 11.6 Å². The number of rotatable bonds is 2. The summed E-state index contributed by atoms with van der Waals surface area (Å²) in [6.07, 6.45) is 0. The number of aryl methyl sites for hydroxylation is 1. The molecule has 0 spiro atoms. The minimum atomic E-state index is 0.195. The van der Waals surface area contributed by atoms with E-state index >= 15 is 0 Å². The van der Waals surface area contributed by atoms with E-state index in [0.29, 0.717) is 22.1 Å². The van der Waals surface area contributed by atoms with Gasteiger partial charge in [0, 0.05) is 5.39 Å². The summed E-state index contributed by atoms with van der Waals surface area (Å²) in [4.78, 5) is 4.13. The molecule has 0 aliphatic rings. The first-order valence-corrected chi connectivity index (χ1v) is 5.60. The Morgan fingerprint density at radius 3 is 2.88 bits per heavy atom. The van der Waals surface area contributed by atoms with Crippen molar-refractivity contribution in [2.45, 2.75) is 6.92 Å². The van der Waals surface area contributed by atoms with Crippen LogP contribution in [0.2, 0.25) is 5.02 Å². The molecule has 1 aromatic carbocycles. The lowest BCUT2D eigenvalue weighted by Crippen LogP contribution is -2.12. The molecule has 0 aliphatic carbocycles. The lowest BCUT2D eigenvalue weighted by atomic mass is 10.2. The van der Waals surface area contributed by atoms with Gasteiger partial charge < -0.3 is 10.2 Å². The van der Waals surface area contributed by atoms with Gasteiger partial charge in [0.05, 0.1) is 16.6 Å². The van der Waals surface area contributed by atoms with Crippen molar-refractivity contribution in [1.82, 2.24) is 0 Å². The van der Waals surface area contributed by atoms with Crippen LogP contribution in [-0.4, -0.2) is 11.7 Å². The highest BCUT2D eigenvalue weighted by Crippen LogP contribution is 2.31. The summed E-state index contributed by atoms with van der Waals surface area (Å²) in [6, 6.07) is 5.46. The fraction of sp³-hybridized carbons (Fsp3) is 0.182. The molecule has 2 aromatic rings. The molecule has 2 N–H and O–H groups in total. The zero-order valence-corrected chi connectivity index (χ0v) is 10.1. The van der Waals surface area contributed by atoms with Crippen LogP contribution in [0.5, 0.6) is 0 Å². The number of amidine groups is 1. The molecule has 84 valence electrons. The number of alkyl halides is 1. The lowest BCUT2D eigenvalue weighted by Gasteiger charge is -1.98. The quantitative estimate of drug-likeness (QED) is 0.507. The molecular weight excluding hydrogens is 247 g/mol. The van der Waals surface area contributed by atoms with E-state index in [4.69, 9.17) is 33.4 Å². The molecule has 2 rings (SSSR count). The molecule has 0 atom stereocenters. The van der Waals surface area contributed by atoms with E-state index < -0.39 is 0 Å². The smallest absolute Gasteiger partial charge is 0.152 e. The molecule has 0 fully saturated rings. The van der Waals surface area contributed by atoms with Crippen molar-refractivity contribution in [2.24, 2.45) is 10.7 Å². The van der Waals surface area contributed by atoms with E-state index in [-0.39, 0.29) is 5.88 Å². The fourth-order valence-electron chi connectivity index (χ4n) is 1.48. The maximum atomic E-state index is 6.07. The Morgan fingerprint density at radius 1 is 1.44 bits per heavy atom. The summed E-state index contributed by atoms with van der Waals surface area (Å²) in [5.74, 6) is 1.36. The van der Waals surface area contributed by atoms with E-state index in [9.17, 15) is 0 Å². The Hall–Kier alpha value is -1.19. The minimum absolute atomic E-state index is 0.195. The standard InChI is InChI=1S/C11H10Cl2N2O/c1-6-2-7-3-8(15-10(14)5-12)4-9(13)11(7)16-6/h2-4H,5H2,1H3,(H2,14,15). The van der Waals surface area contributed by atoms with Gasteiger partial charge in [0.15, 0.2) is 5.58 Å². The average Bonchev–Trinajstić information content (AvgIpc) is 2.59. The third-order valence-electron chi connectivity index (χ3n) is 2.09. The number of aliphatic imine (C=N–C) groups is 1. The summed E-state index contributed by atoms with van der Waals surface area (Å²) < 4.78 is 5.45. The number of nitrogens with two attached hydrogens (primary N) is 1. The Morgan fingerprint density at radius 2 is 2.19 bits per heavy atom. The Labute approximate surface area is 103 Å². The van der Waals surface area contributed by atoms with Crippen LogP contribution in [0.15, 0.2) is 27.6 Å². The highest BCUT2D eigenvalue weighted by molar-refractivity contribution is 6.35. The van der Waals surface area contributed by atoms with Crippen LogP contribution in [0.1, 0.15) is 5.76 Å². The molecule has 0 saturated heterocycles. The maximum absolute atomic E-state index is 6.07. The minimum Gasteiger partial charge on any atom is -0.460 e. The van der Waals surface area contributed by atoms with E-state index in [1.807, 2.05) is 19.1 Å². The second-order valence-corrected chi connectivity index (χ2v) is 4.11. The van der Waals surface area contributed by atoms with Crippen LogP contribution < -0.4 is 5.73 Å². The van der Waals surface area contributed by atoms with Crippen LogP contribution in [-0.2, 0) is 0 Å². The first-order chi connectivity index (χ1) is 7.60. The third kappa shape index (κ3) is 2.15. The molecule has 0 unspecified atom stereocenters. The van der Waals surface area contributed by atoms with Crippen molar-refractivity contribution in [3.63, 3.8) is 0 Å². The Kier molecular flexibility index (Phi) is 3.08. The molecule has 0 bridgehead atoms. The van der Waals surface area contributed by atoms with Crippen molar-refractivity contribution >= 4 is 45.7 Å². The highest BCUT2D eigenvalue weighted by atomic mass is 35.5.